The zero-order valence-electron chi connectivity index (χ0n) is 16.9. The summed E-state index contributed by atoms with van der Waals surface area (Å²) in [4.78, 5) is 28.1. The van der Waals surface area contributed by atoms with Crippen LogP contribution in [0.2, 0.25) is 0 Å². The summed E-state index contributed by atoms with van der Waals surface area (Å²) in [5.74, 6) is 0.728. The van der Waals surface area contributed by atoms with Crippen molar-refractivity contribution in [1.29, 1.82) is 0 Å². The second-order valence-corrected chi connectivity index (χ2v) is 6.96. The molecule has 150 valence electrons. The zero-order chi connectivity index (χ0) is 19.6. The van der Waals surface area contributed by atoms with E-state index in [9.17, 15) is 9.59 Å². The second kappa shape index (κ2) is 10.8. The lowest BCUT2D eigenvalue weighted by Gasteiger charge is -2.33. The van der Waals surface area contributed by atoms with Crippen LogP contribution in [0.15, 0.2) is 24.3 Å². The molecule has 0 radical (unpaired) electrons. The Balaban J connectivity index is 1.72. The molecule has 0 aromatic heterocycles. The Bertz CT molecular complexity index is 591. The first-order chi connectivity index (χ1) is 13.1. The maximum atomic E-state index is 12.4. The molecule has 1 fully saturated rings. The fourth-order valence-electron chi connectivity index (χ4n) is 3.33. The molecule has 0 atom stereocenters. The van der Waals surface area contributed by atoms with Crippen LogP contribution in [0.3, 0.4) is 0 Å². The summed E-state index contributed by atoms with van der Waals surface area (Å²) in [6.07, 6.45) is 3.73. The van der Waals surface area contributed by atoms with Gasteiger partial charge in [-0.05, 0) is 50.8 Å². The minimum Gasteiger partial charge on any atom is -0.484 e. The predicted molar refractivity (Wildman–Crippen MR) is 107 cm³/mol. The molecular weight excluding hydrogens is 342 g/mol. The Morgan fingerprint density at radius 1 is 1.11 bits per heavy atom. The summed E-state index contributed by atoms with van der Waals surface area (Å²) in [7, 11) is 0. The SMILES string of the molecule is CCCc1ccc(OCC(=O)N2CCC(NC(=O)N(CC)CC)CC2)cc1. The van der Waals surface area contributed by atoms with Gasteiger partial charge in [0.2, 0.25) is 0 Å². The highest BCUT2D eigenvalue weighted by molar-refractivity contribution is 5.78. The number of nitrogens with zero attached hydrogens (tertiary/aromatic N) is 2. The minimum atomic E-state index is -0.0142. The molecule has 0 aliphatic carbocycles. The van der Waals surface area contributed by atoms with Gasteiger partial charge in [-0.1, -0.05) is 25.5 Å². The molecule has 1 N–H and O–H groups in total. The number of aryl methyl sites for hydroxylation is 1. The molecule has 1 aromatic carbocycles. The van der Waals surface area contributed by atoms with Crippen molar-refractivity contribution in [3.05, 3.63) is 29.8 Å². The van der Waals surface area contributed by atoms with E-state index in [2.05, 4.69) is 12.2 Å². The highest BCUT2D eigenvalue weighted by Gasteiger charge is 2.25. The van der Waals surface area contributed by atoms with Gasteiger partial charge in [-0.3, -0.25) is 4.79 Å². The first kappa shape index (κ1) is 21.1. The summed E-state index contributed by atoms with van der Waals surface area (Å²) in [6.45, 7) is 8.88. The van der Waals surface area contributed by atoms with Crippen LogP contribution in [-0.2, 0) is 11.2 Å². The highest BCUT2D eigenvalue weighted by Crippen LogP contribution is 2.15. The van der Waals surface area contributed by atoms with Crippen molar-refractivity contribution in [1.82, 2.24) is 15.1 Å². The second-order valence-electron chi connectivity index (χ2n) is 6.96. The Morgan fingerprint density at radius 2 is 1.74 bits per heavy atom. The van der Waals surface area contributed by atoms with Crippen molar-refractivity contribution in [3.8, 4) is 5.75 Å². The summed E-state index contributed by atoms with van der Waals surface area (Å²) >= 11 is 0. The molecule has 2 rings (SSSR count). The number of urea groups is 1. The third-order valence-corrected chi connectivity index (χ3v) is 5.05. The standard InChI is InChI=1S/C21H33N3O3/c1-4-7-17-8-10-19(11-9-17)27-16-20(25)24-14-12-18(13-15-24)22-21(26)23(5-2)6-3/h8-11,18H,4-7,12-16H2,1-3H3,(H,22,26). The number of nitrogens with one attached hydrogen (secondary N) is 1. The fourth-order valence-corrected chi connectivity index (χ4v) is 3.33. The number of rotatable bonds is 8. The number of piperidine rings is 1. The molecule has 0 saturated carbocycles. The third kappa shape index (κ3) is 6.45. The number of hydrogen-bond acceptors (Lipinski definition) is 3. The molecule has 27 heavy (non-hydrogen) atoms. The van der Waals surface area contributed by atoms with Gasteiger partial charge in [0, 0.05) is 32.2 Å². The predicted octanol–water partition coefficient (Wildman–Crippen LogP) is 3.06. The van der Waals surface area contributed by atoms with Crippen LogP contribution in [0.5, 0.6) is 5.75 Å². The maximum absolute atomic E-state index is 12.4. The minimum absolute atomic E-state index is 0.00107. The van der Waals surface area contributed by atoms with Crippen molar-refractivity contribution >= 4 is 11.9 Å². The number of hydrogen-bond donors (Lipinski definition) is 1. The number of benzene rings is 1. The summed E-state index contributed by atoms with van der Waals surface area (Å²) < 4.78 is 5.64. The summed E-state index contributed by atoms with van der Waals surface area (Å²) in [5, 5.41) is 3.07. The fraction of sp³-hybridized carbons (Fsp3) is 0.619. The van der Waals surface area contributed by atoms with Gasteiger partial charge in [-0.2, -0.15) is 0 Å². The normalized spacial score (nSPS) is 14.7. The average molecular weight is 376 g/mol. The van der Waals surface area contributed by atoms with Crippen LogP contribution in [0, 0.1) is 0 Å². The summed E-state index contributed by atoms with van der Waals surface area (Å²) in [5.41, 5.74) is 1.28. The van der Waals surface area contributed by atoms with Crippen LogP contribution in [0.4, 0.5) is 4.79 Å². The van der Waals surface area contributed by atoms with E-state index >= 15 is 0 Å². The molecule has 1 saturated heterocycles. The average Bonchev–Trinajstić information content (AvgIpc) is 2.69. The van der Waals surface area contributed by atoms with E-state index in [4.69, 9.17) is 4.74 Å². The Labute approximate surface area is 162 Å². The molecule has 1 heterocycles. The lowest BCUT2D eigenvalue weighted by Crippen LogP contribution is -2.50. The van der Waals surface area contributed by atoms with E-state index in [0.29, 0.717) is 26.2 Å². The topological polar surface area (TPSA) is 61.9 Å². The Kier molecular flexibility index (Phi) is 8.43. The van der Waals surface area contributed by atoms with Crippen molar-refractivity contribution in [2.45, 2.75) is 52.5 Å². The van der Waals surface area contributed by atoms with Gasteiger partial charge in [0.1, 0.15) is 5.75 Å². The van der Waals surface area contributed by atoms with E-state index in [1.165, 1.54) is 5.56 Å². The van der Waals surface area contributed by atoms with Crippen molar-refractivity contribution in [3.63, 3.8) is 0 Å². The molecule has 1 aliphatic heterocycles. The van der Waals surface area contributed by atoms with Crippen molar-refractivity contribution in [2.75, 3.05) is 32.8 Å². The summed E-state index contributed by atoms with van der Waals surface area (Å²) in [6, 6.07) is 8.06. The Morgan fingerprint density at radius 3 is 2.30 bits per heavy atom. The van der Waals surface area contributed by atoms with Gasteiger partial charge in [-0.15, -0.1) is 0 Å². The van der Waals surface area contributed by atoms with Crippen molar-refractivity contribution in [2.24, 2.45) is 0 Å². The molecule has 0 unspecified atom stereocenters. The van der Waals surface area contributed by atoms with Crippen LogP contribution in [0.1, 0.15) is 45.6 Å². The van der Waals surface area contributed by atoms with Crippen LogP contribution in [0.25, 0.3) is 0 Å². The molecule has 0 spiro atoms. The van der Waals surface area contributed by atoms with Gasteiger partial charge >= 0.3 is 6.03 Å². The van der Waals surface area contributed by atoms with Crippen molar-refractivity contribution < 1.29 is 14.3 Å². The van der Waals surface area contributed by atoms with E-state index in [0.717, 1.165) is 31.4 Å². The van der Waals surface area contributed by atoms with Gasteiger partial charge in [0.05, 0.1) is 0 Å². The molecule has 0 bridgehead atoms. The smallest absolute Gasteiger partial charge is 0.317 e. The number of amides is 3. The van der Waals surface area contributed by atoms with E-state index in [1.54, 1.807) is 4.90 Å². The number of likely N-dealkylation sites (tertiary alicyclic amines) is 1. The van der Waals surface area contributed by atoms with Gasteiger partial charge in [-0.25, -0.2) is 4.79 Å². The van der Waals surface area contributed by atoms with Crippen LogP contribution < -0.4 is 10.1 Å². The largest absolute Gasteiger partial charge is 0.484 e. The molecule has 1 aromatic rings. The van der Waals surface area contributed by atoms with E-state index < -0.39 is 0 Å². The van der Waals surface area contributed by atoms with E-state index in [-0.39, 0.29) is 24.6 Å². The lowest BCUT2D eigenvalue weighted by atomic mass is 10.1. The molecule has 3 amide bonds. The quantitative estimate of drug-likeness (QED) is 0.760. The first-order valence-corrected chi connectivity index (χ1v) is 10.1. The van der Waals surface area contributed by atoms with Crippen LogP contribution in [-0.4, -0.2) is 60.6 Å². The number of carbonyl (C=O) groups excluding carboxylic acids is 2. The zero-order valence-corrected chi connectivity index (χ0v) is 16.9. The van der Waals surface area contributed by atoms with Crippen LogP contribution >= 0.6 is 0 Å². The number of ether oxygens (including phenoxy) is 1. The first-order valence-electron chi connectivity index (χ1n) is 10.1. The van der Waals surface area contributed by atoms with Gasteiger partial charge in [0.25, 0.3) is 5.91 Å². The highest BCUT2D eigenvalue weighted by atomic mass is 16.5. The van der Waals surface area contributed by atoms with Gasteiger partial charge < -0.3 is 19.9 Å². The molecule has 6 nitrogen and oxygen atoms in total. The maximum Gasteiger partial charge on any atom is 0.317 e. The van der Waals surface area contributed by atoms with Gasteiger partial charge in [0.15, 0.2) is 6.61 Å². The molecule has 1 aliphatic rings. The number of carbonyl (C=O) groups is 2. The molecular formula is C21H33N3O3. The third-order valence-electron chi connectivity index (χ3n) is 5.05. The van der Waals surface area contributed by atoms with E-state index in [1.807, 2.05) is 43.0 Å². The molecule has 6 heteroatoms. The monoisotopic (exact) mass is 375 g/mol. The Hall–Kier alpha value is -2.24. The lowest BCUT2D eigenvalue weighted by molar-refractivity contribution is -0.134.